The van der Waals surface area contributed by atoms with Crippen molar-refractivity contribution in [2.45, 2.75) is 13.0 Å². The highest BCUT2D eigenvalue weighted by Gasteiger charge is 2.23. The largest absolute Gasteiger partial charge is 0.396 e. The fourth-order valence-corrected chi connectivity index (χ4v) is 2.11. The Balaban J connectivity index is 2.15. The highest BCUT2D eigenvalue weighted by atomic mass is 35.5. The second kappa shape index (κ2) is 4.99. The molecular weight excluding hydrogens is 228 g/mol. The lowest BCUT2D eigenvalue weighted by Gasteiger charge is -2.18. The minimum atomic E-state index is -0.0778. The maximum absolute atomic E-state index is 9.11. The number of halogens is 1. The number of pyridine rings is 1. The molecule has 1 aliphatic rings. The molecule has 1 saturated heterocycles. The maximum Gasteiger partial charge on any atom is 0.128 e. The van der Waals surface area contributed by atoms with Gasteiger partial charge in [-0.15, -0.1) is 0 Å². The molecule has 0 spiro atoms. The van der Waals surface area contributed by atoms with Gasteiger partial charge in [0.25, 0.3) is 0 Å². The first-order valence-corrected chi connectivity index (χ1v) is 5.73. The molecule has 2 N–H and O–H groups in total. The second-order valence-corrected chi connectivity index (χ2v) is 4.48. The van der Waals surface area contributed by atoms with E-state index in [0.29, 0.717) is 16.5 Å². The van der Waals surface area contributed by atoms with Gasteiger partial charge in [-0.25, -0.2) is 4.98 Å². The predicted molar refractivity (Wildman–Crippen MR) is 62.6 cm³/mol. The van der Waals surface area contributed by atoms with E-state index in [1.165, 1.54) is 0 Å². The zero-order valence-corrected chi connectivity index (χ0v) is 9.69. The van der Waals surface area contributed by atoms with Crippen molar-refractivity contribution in [2.24, 2.45) is 5.92 Å². The van der Waals surface area contributed by atoms with Gasteiger partial charge in [0.05, 0.1) is 11.6 Å². The van der Waals surface area contributed by atoms with Crippen molar-refractivity contribution < 1.29 is 10.2 Å². The molecule has 5 heteroatoms. The lowest BCUT2D eigenvalue weighted by Crippen LogP contribution is -2.21. The van der Waals surface area contributed by atoms with Crippen molar-refractivity contribution >= 4 is 17.4 Å². The van der Waals surface area contributed by atoms with Crippen molar-refractivity contribution in [1.29, 1.82) is 0 Å². The SMILES string of the molecule is OCc1cc(N2CCC(CO)C2)ncc1Cl. The van der Waals surface area contributed by atoms with E-state index in [0.717, 1.165) is 25.3 Å². The van der Waals surface area contributed by atoms with Gasteiger partial charge in [-0.2, -0.15) is 0 Å². The van der Waals surface area contributed by atoms with Gasteiger partial charge in [-0.05, 0) is 12.5 Å². The summed E-state index contributed by atoms with van der Waals surface area (Å²) >= 11 is 5.88. The molecule has 0 amide bonds. The van der Waals surface area contributed by atoms with Gasteiger partial charge < -0.3 is 15.1 Å². The molecule has 2 heterocycles. The molecule has 1 aromatic heterocycles. The van der Waals surface area contributed by atoms with E-state index in [1.54, 1.807) is 6.20 Å². The molecular formula is C11H15ClN2O2. The van der Waals surface area contributed by atoms with Crippen molar-refractivity contribution in [3.05, 3.63) is 22.8 Å². The Morgan fingerprint density at radius 2 is 2.31 bits per heavy atom. The molecule has 0 aliphatic carbocycles. The monoisotopic (exact) mass is 242 g/mol. The average Bonchev–Trinajstić information content (AvgIpc) is 2.78. The van der Waals surface area contributed by atoms with Gasteiger partial charge in [0.1, 0.15) is 5.82 Å². The van der Waals surface area contributed by atoms with Gasteiger partial charge >= 0.3 is 0 Å². The van der Waals surface area contributed by atoms with Gasteiger partial charge in [-0.3, -0.25) is 0 Å². The van der Waals surface area contributed by atoms with Crippen molar-refractivity contribution in [1.82, 2.24) is 4.98 Å². The third kappa shape index (κ3) is 2.29. The Labute approximate surface area is 99.5 Å². The second-order valence-electron chi connectivity index (χ2n) is 4.08. The van der Waals surface area contributed by atoms with Crippen LogP contribution in [0.25, 0.3) is 0 Å². The minimum absolute atomic E-state index is 0.0778. The minimum Gasteiger partial charge on any atom is -0.396 e. The standard InChI is InChI=1S/C11H15ClN2O2/c12-10-4-13-11(3-9(10)7-16)14-2-1-8(5-14)6-15/h3-4,8,15-16H,1-2,5-7H2. The number of hydrogen-bond acceptors (Lipinski definition) is 4. The molecule has 1 atom stereocenters. The van der Waals surface area contributed by atoms with Crippen LogP contribution in [0, 0.1) is 5.92 Å². The molecule has 4 nitrogen and oxygen atoms in total. The fraction of sp³-hybridized carbons (Fsp3) is 0.545. The topological polar surface area (TPSA) is 56.6 Å². The van der Waals surface area contributed by atoms with E-state index in [4.69, 9.17) is 21.8 Å². The van der Waals surface area contributed by atoms with E-state index in [-0.39, 0.29) is 13.2 Å². The van der Waals surface area contributed by atoms with Gasteiger partial charge in [-0.1, -0.05) is 11.6 Å². The molecule has 88 valence electrons. The number of aliphatic hydroxyl groups is 2. The number of rotatable bonds is 3. The molecule has 1 fully saturated rings. The van der Waals surface area contributed by atoms with Gasteiger partial charge in [0.15, 0.2) is 0 Å². The molecule has 0 radical (unpaired) electrons. The van der Waals surface area contributed by atoms with Crippen LogP contribution < -0.4 is 4.90 Å². The first-order chi connectivity index (χ1) is 7.74. The van der Waals surface area contributed by atoms with Crippen molar-refractivity contribution in [2.75, 3.05) is 24.6 Å². The van der Waals surface area contributed by atoms with Crippen molar-refractivity contribution in [3.63, 3.8) is 0 Å². The summed E-state index contributed by atoms with van der Waals surface area (Å²) in [6.07, 6.45) is 2.55. The number of aliphatic hydroxyl groups excluding tert-OH is 2. The quantitative estimate of drug-likeness (QED) is 0.832. The van der Waals surface area contributed by atoms with Crippen LogP contribution in [0.15, 0.2) is 12.3 Å². The van der Waals surface area contributed by atoms with Crippen LogP contribution >= 0.6 is 11.6 Å². The third-order valence-corrected chi connectivity index (χ3v) is 3.30. The molecule has 2 rings (SSSR count). The van der Waals surface area contributed by atoms with Gasteiger partial charge in [0, 0.05) is 37.4 Å². The van der Waals surface area contributed by atoms with Gasteiger partial charge in [0.2, 0.25) is 0 Å². The van der Waals surface area contributed by atoms with E-state index in [2.05, 4.69) is 9.88 Å². The van der Waals surface area contributed by atoms with Crippen LogP contribution in [0.4, 0.5) is 5.82 Å². The molecule has 1 unspecified atom stereocenters. The van der Waals surface area contributed by atoms with Crippen LogP contribution in [0.1, 0.15) is 12.0 Å². The molecule has 16 heavy (non-hydrogen) atoms. The zero-order valence-electron chi connectivity index (χ0n) is 8.93. The summed E-state index contributed by atoms with van der Waals surface area (Å²) in [5.41, 5.74) is 0.694. The summed E-state index contributed by atoms with van der Waals surface area (Å²) in [5.74, 6) is 1.15. The Kier molecular flexibility index (Phi) is 3.63. The number of nitrogens with zero attached hydrogens (tertiary/aromatic N) is 2. The maximum atomic E-state index is 9.11. The van der Waals surface area contributed by atoms with Crippen molar-refractivity contribution in [3.8, 4) is 0 Å². The summed E-state index contributed by atoms with van der Waals surface area (Å²) in [6.45, 7) is 1.85. The average molecular weight is 243 g/mol. The molecule has 0 bridgehead atoms. The Hall–Kier alpha value is -0.840. The summed E-state index contributed by atoms with van der Waals surface area (Å²) in [5, 5.41) is 18.7. The first kappa shape index (κ1) is 11.6. The smallest absolute Gasteiger partial charge is 0.128 e. The summed E-state index contributed by atoms with van der Waals surface area (Å²) in [4.78, 5) is 6.35. The highest BCUT2D eigenvalue weighted by molar-refractivity contribution is 6.31. The Morgan fingerprint density at radius 1 is 1.50 bits per heavy atom. The van der Waals surface area contributed by atoms with E-state index < -0.39 is 0 Å². The number of anilines is 1. The lowest BCUT2D eigenvalue weighted by molar-refractivity contribution is 0.238. The highest BCUT2D eigenvalue weighted by Crippen LogP contribution is 2.25. The Morgan fingerprint density at radius 3 is 2.94 bits per heavy atom. The fourth-order valence-electron chi connectivity index (χ4n) is 1.95. The van der Waals surface area contributed by atoms with Crippen LogP contribution in [0.3, 0.4) is 0 Å². The predicted octanol–water partition coefficient (Wildman–Crippen LogP) is 1.05. The zero-order chi connectivity index (χ0) is 11.5. The first-order valence-electron chi connectivity index (χ1n) is 5.35. The normalized spacial score (nSPS) is 20.4. The molecule has 1 aromatic rings. The lowest BCUT2D eigenvalue weighted by atomic mass is 10.1. The van der Waals surface area contributed by atoms with Crippen LogP contribution in [-0.2, 0) is 6.61 Å². The van der Waals surface area contributed by atoms with Crippen LogP contribution in [-0.4, -0.2) is 34.9 Å². The summed E-state index contributed by atoms with van der Waals surface area (Å²) in [6, 6.07) is 1.81. The Bertz CT molecular complexity index is 373. The molecule has 1 aliphatic heterocycles. The molecule has 0 saturated carbocycles. The van der Waals surface area contributed by atoms with E-state index in [1.807, 2.05) is 6.07 Å². The molecule has 0 aromatic carbocycles. The summed E-state index contributed by atoms with van der Waals surface area (Å²) in [7, 11) is 0. The number of aromatic nitrogens is 1. The summed E-state index contributed by atoms with van der Waals surface area (Å²) < 4.78 is 0. The van der Waals surface area contributed by atoms with E-state index >= 15 is 0 Å². The number of hydrogen-bond donors (Lipinski definition) is 2. The van der Waals surface area contributed by atoms with Crippen LogP contribution in [0.2, 0.25) is 5.02 Å². The van der Waals surface area contributed by atoms with E-state index in [9.17, 15) is 0 Å². The third-order valence-electron chi connectivity index (χ3n) is 2.96. The van der Waals surface area contributed by atoms with Crippen LogP contribution in [0.5, 0.6) is 0 Å².